The third-order valence-electron chi connectivity index (χ3n) is 2.99. The van der Waals surface area contributed by atoms with Crippen molar-refractivity contribution in [3.05, 3.63) is 48.0 Å². The van der Waals surface area contributed by atoms with Crippen LogP contribution in [0.5, 0.6) is 0 Å². The molecule has 0 unspecified atom stereocenters. The van der Waals surface area contributed by atoms with Crippen LogP contribution in [-0.2, 0) is 11.3 Å². The van der Waals surface area contributed by atoms with E-state index in [4.69, 9.17) is 4.42 Å². The van der Waals surface area contributed by atoms with E-state index in [0.717, 1.165) is 16.6 Å². The van der Waals surface area contributed by atoms with Gasteiger partial charge in [-0.05, 0) is 24.3 Å². The summed E-state index contributed by atoms with van der Waals surface area (Å²) in [5.41, 5.74) is 1.91. The molecule has 0 spiro atoms. The van der Waals surface area contributed by atoms with Gasteiger partial charge in [-0.1, -0.05) is 6.07 Å². The molecule has 3 aromatic rings. The van der Waals surface area contributed by atoms with E-state index < -0.39 is 5.97 Å². The Hall–Kier alpha value is -2.76. The summed E-state index contributed by atoms with van der Waals surface area (Å²) in [7, 11) is 1.32. The second-order valence-corrected chi connectivity index (χ2v) is 4.25. The number of esters is 1. The zero-order valence-electron chi connectivity index (χ0n) is 10.8. The summed E-state index contributed by atoms with van der Waals surface area (Å²) in [6.07, 6.45) is 1.76. The number of carbonyl (C=O) groups is 1. The third-order valence-corrected chi connectivity index (χ3v) is 2.99. The van der Waals surface area contributed by atoms with Crippen LogP contribution in [0, 0.1) is 0 Å². The maximum absolute atomic E-state index is 11.3. The fourth-order valence-corrected chi connectivity index (χ4v) is 1.99. The maximum atomic E-state index is 11.3. The first-order valence-electron chi connectivity index (χ1n) is 6.11. The molecule has 0 fully saturated rings. The number of nitrogens with zero attached hydrogens (tertiary/aromatic N) is 1. The molecule has 0 amide bonds. The summed E-state index contributed by atoms with van der Waals surface area (Å²) in [4.78, 5) is 11.3. The summed E-state index contributed by atoms with van der Waals surface area (Å²) >= 11 is 0. The van der Waals surface area contributed by atoms with E-state index in [-0.39, 0.29) is 5.76 Å². The smallest absolute Gasteiger partial charge is 0.373 e. The van der Waals surface area contributed by atoms with Crippen LogP contribution >= 0.6 is 0 Å². The fourth-order valence-electron chi connectivity index (χ4n) is 1.99. The number of ether oxygens (including phenoxy) is 1. The van der Waals surface area contributed by atoms with Gasteiger partial charge in [-0.25, -0.2) is 4.79 Å². The molecular formula is C14H13N3O3. The number of hydrogen-bond acceptors (Lipinski definition) is 5. The van der Waals surface area contributed by atoms with Crippen LogP contribution < -0.4 is 5.32 Å². The standard InChI is InChI=1S/C14H13N3O3/c1-19-14(18)13-6-5-9(20-13)7-15-11-3-2-4-12-10(11)8-16-17-12/h2-6,8,15H,7H2,1H3,(H,16,17). The topological polar surface area (TPSA) is 80.1 Å². The van der Waals surface area contributed by atoms with E-state index >= 15 is 0 Å². The summed E-state index contributed by atoms with van der Waals surface area (Å²) in [6, 6.07) is 9.19. The lowest BCUT2D eigenvalue weighted by Gasteiger charge is -2.05. The number of anilines is 1. The highest BCUT2D eigenvalue weighted by Crippen LogP contribution is 2.22. The molecule has 1 aromatic carbocycles. The minimum Gasteiger partial charge on any atom is -0.463 e. The molecule has 0 atom stereocenters. The van der Waals surface area contributed by atoms with Crippen LogP contribution in [0.25, 0.3) is 10.9 Å². The third kappa shape index (κ3) is 2.23. The Morgan fingerprint density at radius 2 is 2.30 bits per heavy atom. The molecule has 0 aliphatic heterocycles. The number of nitrogens with one attached hydrogen (secondary N) is 2. The summed E-state index contributed by atoms with van der Waals surface area (Å²) in [5, 5.41) is 11.2. The van der Waals surface area contributed by atoms with Gasteiger partial charge >= 0.3 is 5.97 Å². The zero-order chi connectivity index (χ0) is 13.9. The van der Waals surface area contributed by atoms with Crippen LogP contribution in [-0.4, -0.2) is 23.3 Å². The quantitative estimate of drug-likeness (QED) is 0.713. The summed E-state index contributed by atoms with van der Waals surface area (Å²) < 4.78 is 9.99. The van der Waals surface area contributed by atoms with E-state index in [2.05, 4.69) is 20.3 Å². The highest BCUT2D eigenvalue weighted by Gasteiger charge is 2.11. The van der Waals surface area contributed by atoms with Crippen molar-refractivity contribution in [2.75, 3.05) is 12.4 Å². The van der Waals surface area contributed by atoms with E-state index in [0.29, 0.717) is 12.3 Å². The Bertz CT molecular complexity index is 745. The number of H-pyrrole nitrogens is 1. The van der Waals surface area contributed by atoms with Crippen LogP contribution in [0.15, 0.2) is 40.9 Å². The molecule has 0 bridgehead atoms. The van der Waals surface area contributed by atoms with Gasteiger partial charge < -0.3 is 14.5 Å². The number of furan rings is 1. The van der Waals surface area contributed by atoms with Gasteiger partial charge in [0.25, 0.3) is 0 Å². The van der Waals surface area contributed by atoms with Crippen LogP contribution in [0.3, 0.4) is 0 Å². The molecule has 3 rings (SSSR count). The average Bonchev–Trinajstić information content (AvgIpc) is 3.13. The average molecular weight is 271 g/mol. The second-order valence-electron chi connectivity index (χ2n) is 4.25. The largest absolute Gasteiger partial charge is 0.463 e. The molecule has 6 nitrogen and oxygen atoms in total. The molecule has 2 aromatic heterocycles. The van der Waals surface area contributed by atoms with E-state index in [1.54, 1.807) is 18.3 Å². The first-order chi connectivity index (χ1) is 9.78. The Kier molecular flexibility index (Phi) is 3.12. The lowest BCUT2D eigenvalue weighted by Crippen LogP contribution is -2.00. The number of aromatic nitrogens is 2. The molecule has 0 aliphatic rings. The van der Waals surface area contributed by atoms with Gasteiger partial charge in [0, 0.05) is 11.1 Å². The molecule has 2 heterocycles. The fraction of sp³-hybridized carbons (Fsp3) is 0.143. The van der Waals surface area contributed by atoms with Crippen molar-refractivity contribution in [2.24, 2.45) is 0 Å². The van der Waals surface area contributed by atoms with Gasteiger partial charge in [-0.3, -0.25) is 5.10 Å². The monoisotopic (exact) mass is 271 g/mol. The molecule has 20 heavy (non-hydrogen) atoms. The van der Waals surface area contributed by atoms with Crippen molar-refractivity contribution >= 4 is 22.6 Å². The highest BCUT2D eigenvalue weighted by molar-refractivity contribution is 5.90. The van der Waals surface area contributed by atoms with Crippen molar-refractivity contribution in [1.29, 1.82) is 0 Å². The van der Waals surface area contributed by atoms with Gasteiger partial charge in [0.2, 0.25) is 5.76 Å². The van der Waals surface area contributed by atoms with Crippen molar-refractivity contribution in [3.8, 4) is 0 Å². The molecule has 2 N–H and O–H groups in total. The normalized spacial score (nSPS) is 10.7. The van der Waals surface area contributed by atoms with Crippen molar-refractivity contribution in [1.82, 2.24) is 10.2 Å². The van der Waals surface area contributed by atoms with Gasteiger partial charge in [-0.15, -0.1) is 0 Å². The van der Waals surface area contributed by atoms with E-state index in [1.807, 2.05) is 18.2 Å². The molecule has 6 heteroatoms. The first-order valence-corrected chi connectivity index (χ1v) is 6.11. The number of hydrogen-bond donors (Lipinski definition) is 2. The van der Waals surface area contributed by atoms with Gasteiger partial charge in [0.1, 0.15) is 5.76 Å². The number of aromatic amines is 1. The molecule has 0 aliphatic carbocycles. The lowest BCUT2D eigenvalue weighted by molar-refractivity contribution is 0.0563. The minimum atomic E-state index is -0.479. The van der Waals surface area contributed by atoms with Crippen LogP contribution in [0.4, 0.5) is 5.69 Å². The van der Waals surface area contributed by atoms with Crippen LogP contribution in [0.1, 0.15) is 16.3 Å². The number of fused-ring (bicyclic) bond motifs is 1. The second kappa shape index (κ2) is 5.08. The minimum absolute atomic E-state index is 0.200. The van der Waals surface area contributed by atoms with Crippen molar-refractivity contribution in [2.45, 2.75) is 6.54 Å². The Morgan fingerprint density at radius 1 is 1.40 bits per heavy atom. The highest BCUT2D eigenvalue weighted by atomic mass is 16.5. The molecule has 0 radical (unpaired) electrons. The molecular weight excluding hydrogens is 258 g/mol. The zero-order valence-corrected chi connectivity index (χ0v) is 10.8. The van der Waals surface area contributed by atoms with Gasteiger partial charge in [-0.2, -0.15) is 5.10 Å². The molecule has 0 saturated heterocycles. The van der Waals surface area contributed by atoms with Crippen molar-refractivity contribution in [3.63, 3.8) is 0 Å². The summed E-state index contributed by atoms with van der Waals surface area (Å²) in [5.74, 6) is 0.380. The number of benzene rings is 1. The summed E-state index contributed by atoms with van der Waals surface area (Å²) in [6.45, 7) is 0.473. The van der Waals surface area contributed by atoms with E-state index in [9.17, 15) is 4.79 Å². The first kappa shape index (κ1) is 12.3. The van der Waals surface area contributed by atoms with Crippen molar-refractivity contribution < 1.29 is 13.9 Å². The SMILES string of the molecule is COC(=O)c1ccc(CNc2cccc3[nH]ncc23)o1. The number of carbonyl (C=O) groups excluding carboxylic acids is 1. The molecule has 102 valence electrons. The Labute approximate surface area is 114 Å². The predicted molar refractivity (Wildman–Crippen MR) is 73.5 cm³/mol. The van der Waals surface area contributed by atoms with E-state index in [1.165, 1.54) is 7.11 Å². The Morgan fingerprint density at radius 3 is 3.15 bits per heavy atom. The number of rotatable bonds is 4. The lowest BCUT2D eigenvalue weighted by atomic mass is 10.2. The predicted octanol–water partition coefficient (Wildman–Crippen LogP) is 2.55. The molecule has 0 saturated carbocycles. The van der Waals surface area contributed by atoms with Gasteiger partial charge in [0.15, 0.2) is 0 Å². The maximum Gasteiger partial charge on any atom is 0.373 e. The van der Waals surface area contributed by atoms with Crippen LogP contribution in [0.2, 0.25) is 0 Å². The Balaban J connectivity index is 1.75. The number of methoxy groups -OCH3 is 1. The van der Waals surface area contributed by atoms with Gasteiger partial charge in [0.05, 0.1) is 25.4 Å².